The van der Waals surface area contributed by atoms with Crippen LogP contribution in [0.25, 0.3) is 0 Å². The number of rotatable bonds is 3. The Balaban J connectivity index is 1.97. The van der Waals surface area contributed by atoms with Gasteiger partial charge in [-0.2, -0.15) is 13.2 Å². The maximum absolute atomic E-state index is 12.8. The van der Waals surface area contributed by atoms with Gasteiger partial charge in [0.05, 0.1) is 5.92 Å². The van der Waals surface area contributed by atoms with E-state index < -0.39 is 23.9 Å². The second-order valence-electron chi connectivity index (χ2n) is 5.45. The van der Waals surface area contributed by atoms with Gasteiger partial charge < -0.3 is 0 Å². The Morgan fingerprint density at radius 2 is 2.00 bits per heavy atom. The van der Waals surface area contributed by atoms with Crippen LogP contribution in [-0.4, -0.2) is 22.1 Å². The Morgan fingerprint density at radius 3 is 2.64 bits per heavy atom. The molecule has 1 aromatic rings. The molecule has 0 aliphatic heterocycles. The summed E-state index contributed by atoms with van der Waals surface area (Å²) >= 11 is 5.77. The summed E-state index contributed by atoms with van der Waals surface area (Å²) in [6.45, 7) is 1.78. The van der Waals surface area contributed by atoms with Crippen molar-refractivity contribution in [3.05, 3.63) is 17.5 Å². The van der Waals surface area contributed by atoms with Gasteiger partial charge in [-0.05, 0) is 25.2 Å². The van der Waals surface area contributed by atoms with E-state index in [1.54, 1.807) is 6.92 Å². The monoisotopic (exact) mass is 336 g/mol. The second-order valence-corrected chi connectivity index (χ2v) is 5.80. The van der Waals surface area contributed by atoms with Crippen molar-refractivity contribution in [3.8, 4) is 0 Å². The number of carbonyl (C=O) groups is 1. The molecule has 2 rings (SSSR count). The quantitative estimate of drug-likeness (QED) is 0.832. The number of nitrogens with one attached hydrogen (secondary N) is 2. The van der Waals surface area contributed by atoms with Crippen LogP contribution >= 0.6 is 11.6 Å². The lowest BCUT2D eigenvalue weighted by Gasteiger charge is -2.34. The van der Waals surface area contributed by atoms with Gasteiger partial charge in [0.1, 0.15) is 0 Å². The molecule has 1 heterocycles. The zero-order valence-electron chi connectivity index (χ0n) is 11.8. The molecule has 1 fully saturated rings. The summed E-state index contributed by atoms with van der Waals surface area (Å²) < 4.78 is 38.5. The number of hydrogen-bond acceptors (Lipinski definition) is 4. The number of hydrogen-bond donors (Lipinski definition) is 2. The Hall–Kier alpha value is -1.57. The highest BCUT2D eigenvalue weighted by Gasteiger charge is 2.45. The molecule has 0 spiro atoms. The Kier molecular flexibility index (Phi) is 5.10. The molecule has 2 N–H and O–H groups in total. The highest BCUT2D eigenvalue weighted by Crippen LogP contribution is 2.42. The van der Waals surface area contributed by atoms with Crippen LogP contribution in [0.5, 0.6) is 0 Å². The number of nitrogens with zero attached hydrogens (tertiary/aromatic N) is 2. The van der Waals surface area contributed by atoms with Crippen LogP contribution in [0.4, 0.5) is 19.0 Å². The molecule has 1 aliphatic rings. The lowest BCUT2D eigenvalue weighted by atomic mass is 9.74. The fourth-order valence-electron chi connectivity index (χ4n) is 2.60. The smallest absolute Gasteiger partial charge is 0.279 e. The molecule has 0 saturated heterocycles. The third-order valence-corrected chi connectivity index (χ3v) is 4.23. The molecule has 122 valence electrons. The molecular formula is C13H16ClF3N4O. The van der Waals surface area contributed by atoms with Gasteiger partial charge in [0.25, 0.3) is 0 Å². The van der Waals surface area contributed by atoms with E-state index in [2.05, 4.69) is 20.8 Å². The normalized spacial score (nSPS) is 25.6. The van der Waals surface area contributed by atoms with Crippen molar-refractivity contribution in [2.45, 2.75) is 32.4 Å². The second kappa shape index (κ2) is 6.68. The fraction of sp³-hybridized carbons (Fsp3) is 0.615. The first-order valence-corrected chi connectivity index (χ1v) is 7.26. The van der Waals surface area contributed by atoms with Crippen LogP contribution in [0.3, 0.4) is 0 Å². The largest absolute Gasteiger partial charge is 0.391 e. The van der Waals surface area contributed by atoms with E-state index in [9.17, 15) is 18.0 Å². The maximum atomic E-state index is 12.8. The van der Waals surface area contributed by atoms with E-state index >= 15 is 0 Å². The van der Waals surface area contributed by atoms with Crippen LogP contribution in [0.2, 0.25) is 5.15 Å². The summed E-state index contributed by atoms with van der Waals surface area (Å²) in [5.41, 5.74) is 4.87. The fourth-order valence-corrected chi connectivity index (χ4v) is 2.76. The van der Waals surface area contributed by atoms with Gasteiger partial charge in [0.2, 0.25) is 5.91 Å². The van der Waals surface area contributed by atoms with Crippen LogP contribution in [0.15, 0.2) is 12.4 Å². The summed E-state index contributed by atoms with van der Waals surface area (Å²) in [6.07, 6.45) is -1.27. The van der Waals surface area contributed by atoms with Crippen molar-refractivity contribution in [1.82, 2.24) is 15.4 Å². The molecule has 3 atom stereocenters. The number of amides is 1. The van der Waals surface area contributed by atoms with Crippen LogP contribution in [0.1, 0.15) is 26.2 Å². The van der Waals surface area contributed by atoms with Crippen molar-refractivity contribution < 1.29 is 18.0 Å². The van der Waals surface area contributed by atoms with Crippen LogP contribution < -0.4 is 10.9 Å². The van der Waals surface area contributed by atoms with Gasteiger partial charge in [-0.25, -0.2) is 9.97 Å². The van der Waals surface area contributed by atoms with E-state index in [-0.39, 0.29) is 29.7 Å². The molecule has 1 aliphatic carbocycles. The van der Waals surface area contributed by atoms with E-state index in [0.717, 1.165) is 0 Å². The molecule has 0 bridgehead atoms. The highest BCUT2D eigenvalue weighted by molar-refractivity contribution is 6.31. The summed E-state index contributed by atoms with van der Waals surface area (Å²) in [4.78, 5) is 19.8. The highest BCUT2D eigenvalue weighted by atomic mass is 35.5. The first kappa shape index (κ1) is 16.8. The number of carbonyl (C=O) groups excluding carboxylic acids is 1. The average Bonchev–Trinajstić information content (AvgIpc) is 2.45. The van der Waals surface area contributed by atoms with Crippen molar-refractivity contribution in [2.75, 3.05) is 5.43 Å². The molecule has 1 aromatic heterocycles. The standard InChI is InChI=1S/C13H16ClF3N4O/c1-7-2-3-8(13(15,16)17)6-9(7)12(22)21-20-11-10(14)18-4-5-19-11/h4-5,7-9H,2-3,6H2,1H3,(H,19,20)(H,21,22). The average molecular weight is 337 g/mol. The Morgan fingerprint density at radius 1 is 1.32 bits per heavy atom. The predicted molar refractivity (Wildman–Crippen MR) is 74.9 cm³/mol. The zero-order chi connectivity index (χ0) is 16.3. The molecule has 0 radical (unpaired) electrons. The third-order valence-electron chi connectivity index (χ3n) is 3.95. The van der Waals surface area contributed by atoms with Gasteiger partial charge in [-0.15, -0.1) is 0 Å². The van der Waals surface area contributed by atoms with Gasteiger partial charge in [0.15, 0.2) is 11.0 Å². The third kappa shape index (κ3) is 4.00. The van der Waals surface area contributed by atoms with E-state index in [1.807, 2.05) is 0 Å². The first-order valence-electron chi connectivity index (χ1n) is 6.88. The summed E-state index contributed by atoms with van der Waals surface area (Å²) in [5.74, 6) is -2.60. The van der Waals surface area contributed by atoms with Crippen LogP contribution in [0, 0.1) is 17.8 Å². The number of hydrazine groups is 1. The number of anilines is 1. The molecule has 1 saturated carbocycles. The van der Waals surface area contributed by atoms with Gasteiger partial charge >= 0.3 is 6.18 Å². The van der Waals surface area contributed by atoms with E-state index in [0.29, 0.717) is 6.42 Å². The Labute approximate surface area is 130 Å². The number of aromatic nitrogens is 2. The maximum Gasteiger partial charge on any atom is 0.391 e. The molecule has 3 unspecified atom stereocenters. The van der Waals surface area contributed by atoms with Crippen molar-refractivity contribution in [3.63, 3.8) is 0 Å². The minimum atomic E-state index is -4.26. The van der Waals surface area contributed by atoms with E-state index in [4.69, 9.17) is 11.6 Å². The molecule has 22 heavy (non-hydrogen) atoms. The molecule has 1 amide bonds. The van der Waals surface area contributed by atoms with Gasteiger partial charge in [-0.1, -0.05) is 18.5 Å². The Bertz CT molecular complexity index is 540. The zero-order valence-corrected chi connectivity index (χ0v) is 12.6. The van der Waals surface area contributed by atoms with Crippen molar-refractivity contribution >= 4 is 23.3 Å². The topological polar surface area (TPSA) is 66.9 Å². The lowest BCUT2D eigenvalue weighted by Crippen LogP contribution is -2.43. The SMILES string of the molecule is CC1CCC(C(F)(F)F)CC1C(=O)NNc1nccnc1Cl. The van der Waals surface area contributed by atoms with Gasteiger partial charge in [-0.3, -0.25) is 15.6 Å². The van der Waals surface area contributed by atoms with Crippen LogP contribution in [-0.2, 0) is 4.79 Å². The molecule has 5 nitrogen and oxygen atoms in total. The summed E-state index contributed by atoms with van der Waals surface area (Å²) in [5, 5.41) is 0.0626. The lowest BCUT2D eigenvalue weighted by molar-refractivity contribution is -0.189. The molecule has 0 aromatic carbocycles. The number of halogens is 4. The summed E-state index contributed by atoms with van der Waals surface area (Å²) in [7, 11) is 0. The summed E-state index contributed by atoms with van der Waals surface area (Å²) in [6, 6.07) is 0. The van der Waals surface area contributed by atoms with Crippen molar-refractivity contribution in [2.24, 2.45) is 17.8 Å². The first-order chi connectivity index (χ1) is 10.3. The number of alkyl halides is 3. The predicted octanol–water partition coefficient (Wildman–Crippen LogP) is 3.19. The van der Waals surface area contributed by atoms with Crippen molar-refractivity contribution in [1.29, 1.82) is 0 Å². The minimum absolute atomic E-state index is 0.0626. The van der Waals surface area contributed by atoms with E-state index in [1.165, 1.54) is 12.4 Å². The molecule has 9 heteroatoms. The minimum Gasteiger partial charge on any atom is -0.279 e. The van der Waals surface area contributed by atoms with Gasteiger partial charge in [0, 0.05) is 18.3 Å². The molecular weight excluding hydrogens is 321 g/mol.